The van der Waals surface area contributed by atoms with Crippen LogP contribution in [-0.2, 0) is 19.6 Å². The van der Waals surface area contributed by atoms with E-state index in [0.29, 0.717) is 13.2 Å². The van der Waals surface area contributed by atoms with Crippen molar-refractivity contribution < 1.29 is 19.6 Å². The maximum absolute atomic E-state index is 4.65. The molecule has 10 heavy (non-hydrogen) atoms. The smallest absolute Gasteiger partial charge is 0.221 e. The van der Waals surface area contributed by atoms with Gasteiger partial charge in [-0.15, -0.1) is 0 Å². The normalized spacial score (nSPS) is 10.8. The van der Waals surface area contributed by atoms with Gasteiger partial charge in [-0.2, -0.15) is 0 Å². The first-order chi connectivity index (χ1) is 4.81. The predicted molar refractivity (Wildman–Crippen MR) is 34.9 cm³/mol. The van der Waals surface area contributed by atoms with Gasteiger partial charge in [-0.25, -0.2) is 19.6 Å². The van der Waals surface area contributed by atoms with Crippen molar-refractivity contribution >= 4 is 0 Å². The minimum Gasteiger partial charge on any atom is -0.234 e. The van der Waals surface area contributed by atoms with Crippen LogP contribution in [0.15, 0.2) is 0 Å². The molecular formula is C6H14O4. The molecule has 0 atom stereocenters. The molecule has 0 fully saturated rings. The monoisotopic (exact) mass is 150 g/mol. The van der Waals surface area contributed by atoms with Gasteiger partial charge in [-0.05, 0) is 20.8 Å². The van der Waals surface area contributed by atoms with Gasteiger partial charge in [-0.1, -0.05) is 0 Å². The zero-order chi connectivity index (χ0) is 7.82. The lowest BCUT2D eigenvalue weighted by molar-refractivity contribution is -0.455. The Morgan fingerprint density at radius 1 is 1.00 bits per heavy atom. The highest BCUT2D eigenvalue weighted by Gasteiger charge is 2.01. The Bertz CT molecular complexity index is 58.8. The van der Waals surface area contributed by atoms with Crippen molar-refractivity contribution in [1.29, 1.82) is 0 Å². The van der Waals surface area contributed by atoms with E-state index in [0.717, 1.165) is 0 Å². The Balaban J connectivity index is 3.00. The summed E-state index contributed by atoms with van der Waals surface area (Å²) in [5.41, 5.74) is 0. The van der Waals surface area contributed by atoms with E-state index in [1.807, 2.05) is 13.8 Å². The van der Waals surface area contributed by atoms with Gasteiger partial charge < -0.3 is 0 Å². The zero-order valence-corrected chi connectivity index (χ0v) is 6.62. The highest BCUT2D eigenvalue weighted by atomic mass is 17.3. The van der Waals surface area contributed by atoms with E-state index in [1.165, 1.54) is 0 Å². The molecule has 0 aromatic heterocycles. The van der Waals surface area contributed by atoms with Crippen molar-refractivity contribution in [3.05, 3.63) is 0 Å². The van der Waals surface area contributed by atoms with Crippen LogP contribution in [0.25, 0.3) is 0 Å². The molecule has 0 amide bonds. The summed E-state index contributed by atoms with van der Waals surface area (Å²) in [6.07, 6.45) is -0.472. The average Bonchev–Trinajstić information content (AvgIpc) is 1.97. The summed E-state index contributed by atoms with van der Waals surface area (Å²) < 4.78 is 0. The van der Waals surface area contributed by atoms with Gasteiger partial charge in [0.15, 0.2) is 0 Å². The SMILES string of the molecule is CCOOC(C)OOCC. The van der Waals surface area contributed by atoms with Crippen LogP contribution in [0.4, 0.5) is 0 Å². The number of rotatable bonds is 6. The molecule has 0 heterocycles. The second-order valence-electron chi connectivity index (χ2n) is 1.57. The van der Waals surface area contributed by atoms with Gasteiger partial charge in [0.25, 0.3) is 0 Å². The summed E-state index contributed by atoms with van der Waals surface area (Å²) >= 11 is 0. The van der Waals surface area contributed by atoms with Crippen molar-refractivity contribution in [2.45, 2.75) is 27.1 Å². The van der Waals surface area contributed by atoms with E-state index in [4.69, 9.17) is 0 Å². The Morgan fingerprint density at radius 3 is 1.70 bits per heavy atom. The summed E-state index contributed by atoms with van der Waals surface area (Å²) in [6, 6.07) is 0. The fourth-order valence-electron chi connectivity index (χ4n) is 0.344. The maximum Gasteiger partial charge on any atom is 0.221 e. The summed E-state index contributed by atoms with van der Waals surface area (Å²) in [6.45, 7) is 6.34. The molecule has 4 nitrogen and oxygen atoms in total. The molecule has 0 aromatic rings. The van der Waals surface area contributed by atoms with Crippen LogP contribution in [0.3, 0.4) is 0 Å². The molecule has 0 radical (unpaired) electrons. The fourth-order valence-corrected chi connectivity index (χ4v) is 0.344. The van der Waals surface area contributed by atoms with Crippen molar-refractivity contribution in [1.82, 2.24) is 0 Å². The quantitative estimate of drug-likeness (QED) is 0.324. The first kappa shape index (κ1) is 9.84. The standard InChI is InChI=1S/C6H14O4/c1-4-7-9-6(3)10-8-5-2/h6H,4-5H2,1-3H3. The summed E-state index contributed by atoms with van der Waals surface area (Å²) in [4.78, 5) is 18.5. The third kappa shape index (κ3) is 5.97. The van der Waals surface area contributed by atoms with E-state index in [-0.39, 0.29) is 0 Å². The van der Waals surface area contributed by atoms with Gasteiger partial charge in [0.2, 0.25) is 6.29 Å². The minimum atomic E-state index is -0.472. The Hall–Kier alpha value is -0.160. The van der Waals surface area contributed by atoms with Crippen molar-refractivity contribution in [2.75, 3.05) is 13.2 Å². The maximum atomic E-state index is 4.65. The molecule has 0 saturated carbocycles. The second kappa shape index (κ2) is 6.95. The van der Waals surface area contributed by atoms with Crippen LogP contribution in [0.5, 0.6) is 0 Å². The Kier molecular flexibility index (Phi) is 6.84. The fraction of sp³-hybridized carbons (Fsp3) is 1.00. The highest BCUT2D eigenvalue weighted by Crippen LogP contribution is 1.94. The molecule has 0 rings (SSSR count). The first-order valence-corrected chi connectivity index (χ1v) is 3.37. The lowest BCUT2D eigenvalue weighted by Gasteiger charge is -2.09. The number of hydrogen-bond acceptors (Lipinski definition) is 4. The van der Waals surface area contributed by atoms with E-state index in [2.05, 4.69) is 19.6 Å². The molecule has 0 spiro atoms. The van der Waals surface area contributed by atoms with Gasteiger partial charge in [0.05, 0.1) is 13.2 Å². The van der Waals surface area contributed by atoms with Crippen molar-refractivity contribution in [2.24, 2.45) is 0 Å². The minimum absolute atomic E-state index is 0.472. The summed E-state index contributed by atoms with van der Waals surface area (Å²) in [5.74, 6) is 0. The van der Waals surface area contributed by atoms with Crippen LogP contribution < -0.4 is 0 Å². The molecule has 62 valence electrons. The summed E-state index contributed by atoms with van der Waals surface area (Å²) in [7, 11) is 0. The lowest BCUT2D eigenvalue weighted by Crippen LogP contribution is -2.13. The van der Waals surface area contributed by atoms with Crippen molar-refractivity contribution in [3.63, 3.8) is 0 Å². The van der Waals surface area contributed by atoms with E-state index in [1.54, 1.807) is 6.92 Å². The molecule has 0 saturated heterocycles. The van der Waals surface area contributed by atoms with Crippen LogP contribution in [0, 0.1) is 0 Å². The van der Waals surface area contributed by atoms with E-state index < -0.39 is 6.29 Å². The molecular weight excluding hydrogens is 136 g/mol. The zero-order valence-electron chi connectivity index (χ0n) is 6.62. The molecule has 0 aromatic carbocycles. The molecule has 0 aliphatic rings. The van der Waals surface area contributed by atoms with E-state index >= 15 is 0 Å². The molecule has 4 heteroatoms. The van der Waals surface area contributed by atoms with E-state index in [9.17, 15) is 0 Å². The van der Waals surface area contributed by atoms with Crippen LogP contribution in [0.2, 0.25) is 0 Å². The largest absolute Gasteiger partial charge is 0.234 e. The summed E-state index contributed by atoms with van der Waals surface area (Å²) in [5, 5.41) is 0. The highest BCUT2D eigenvalue weighted by molar-refractivity contribution is 4.15. The molecule has 0 aliphatic heterocycles. The third-order valence-electron chi connectivity index (χ3n) is 0.643. The van der Waals surface area contributed by atoms with Crippen LogP contribution in [0.1, 0.15) is 20.8 Å². The number of hydrogen-bond donors (Lipinski definition) is 0. The predicted octanol–water partition coefficient (Wildman–Crippen LogP) is 1.27. The third-order valence-corrected chi connectivity index (χ3v) is 0.643. The second-order valence-corrected chi connectivity index (χ2v) is 1.57. The van der Waals surface area contributed by atoms with Crippen molar-refractivity contribution in [3.8, 4) is 0 Å². The molecule has 0 unspecified atom stereocenters. The Morgan fingerprint density at radius 2 is 1.40 bits per heavy atom. The molecule has 0 bridgehead atoms. The average molecular weight is 150 g/mol. The van der Waals surface area contributed by atoms with Crippen LogP contribution >= 0.6 is 0 Å². The molecule has 0 aliphatic carbocycles. The first-order valence-electron chi connectivity index (χ1n) is 3.37. The molecule has 0 N–H and O–H groups in total. The van der Waals surface area contributed by atoms with Gasteiger partial charge in [0, 0.05) is 0 Å². The Labute approximate surface area is 60.9 Å². The topological polar surface area (TPSA) is 36.9 Å². The van der Waals surface area contributed by atoms with Crippen LogP contribution in [-0.4, -0.2) is 19.5 Å². The van der Waals surface area contributed by atoms with Gasteiger partial charge in [0.1, 0.15) is 0 Å². The lowest BCUT2D eigenvalue weighted by atomic mass is 10.8. The van der Waals surface area contributed by atoms with Gasteiger partial charge >= 0.3 is 0 Å². The van der Waals surface area contributed by atoms with Gasteiger partial charge in [-0.3, -0.25) is 0 Å².